The van der Waals surface area contributed by atoms with E-state index in [1.165, 1.54) is 16.3 Å². The quantitative estimate of drug-likeness (QED) is 0.660. The Morgan fingerprint density at radius 1 is 1.21 bits per heavy atom. The van der Waals surface area contributed by atoms with Crippen molar-refractivity contribution in [1.29, 1.82) is 0 Å². The van der Waals surface area contributed by atoms with Gasteiger partial charge in [-0.2, -0.15) is 5.10 Å². The number of piperazine rings is 1. The maximum absolute atomic E-state index is 12.8. The van der Waals surface area contributed by atoms with Crippen LogP contribution in [0.1, 0.15) is 54.8 Å². The molecular formula is C22H35N5OS. The van der Waals surface area contributed by atoms with Crippen molar-refractivity contribution in [2.45, 2.75) is 67.0 Å². The summed E-state index contributed by atoms with van der Waals surface area (Å²) in [5.41, 5.74) is 4.68. The summed E-state index contributed by atoms with van der Waals surface area (Å²) in [6.07, 6.45) is 2.36. The molecule has 0 atom stereocenters. The smallest absolute Gasteiger partial charge is 0.222 e. The van der Waals surface area contributed by atoms with Crippen LogP contribution in [0.25, 0.3) is 0 Å². The summed E-state index contributed by atoms with van der Waals surface area (Å²) in [6, 6.07) is 0. The normalized spacial score (nSPS) is 15.4. The molecule has 0 saturated carbocycles. The Morgan fingerprint density at radius 2 is 1.93 bits per heavy atom. The Labute approximate surface area is 178 Å². The molecule has 2 aromatic rings. The molecule has 0 unspecified atom stereocenters. The van der Waals surface area contributed by atoms with Gasteiger partial charge in [-0.25, -0.2) is 4.98 Å². The Morgan fingerprint density at radius 3 is 2.55 bits per heavy atom. The molecule has 0 radical (unpaired) electrons. The SMILES string of the molecule is CCc1nc(CN2CCN(C(=O)CCc3c(C)nn(CC(C)C)c3C)CC2)cs1. The Kier molecular flexibility index (Phi) is 7.46. The molecule has 0 aromatic carbocycles. The first-order valence-corrected chi connectivity index (χ1v) is 11.7. The molecule has 1 aliphatic rings. The highest BCUT2D eigenvalue weighted by molar-refractivity contribution is 7.09. The average molecular weight is 418 g/mol. The van der Waals surface area contributed by atoms with Gasteiger partial charge >= 0.3 is 0 Å². The molecule has 3 rings (SSSR count). The fourth-order valence-electron chi connectivity index (χ4n) is 3.98. The Hall–Kier alpha value is -1.73. The van der Waals surface area contributed by atoms with E-state index in [2.05, 4.69) is 59.7 Å². The number of hydrogen-bond donors (Lipinski definition) is 0. The highest BCUT2D eigenvalue weighted by Crippen LogP contribution is 2.18. The van der Waals surface area contributed by atoms with Crippen molar-refractivity contribution >= 4 is 17.2 Å². The summed E-state index contributed by atoms with van der Waals surface area (Å²) in [7, 11) is 0. The predicted molar refractivity (Wildman–Crippen MR) is 118 cm³/mol. The molecule has 29 heavy (non-hydrogen) atoms. The minimum atomic E-state index is 0.266. The van der Waals surface area contributed by atoms with Gasteiger partial charge in [-0.05, 0) is 38.2 Å². The van der Waals surface area contributed by atoms with Crippen molar-refractivity contribution in [2.75, 3.05) is 26.2 Å². The molecule has 0 N–H and O–H groups in total. The second-order valence-electron chi connectivity index (χ2n) is 8.47. The molecule has 160 valence electrons. The second kappa shape index (κ2) is 9.85. The van der Waals surface area contributed by atoms with E-state index in [0.29, 0.717) is 12.3 Å². The van der Waals surface area contributed by atoms with Gasteiger partial charge in [0.25, 0.3) is 0 Å². The number of amides is 1. The minimum absolute atomic E-state index is 0.266. The fourth-order valence-corrected chi connectivity index (χ4v) is 4.71. The zero-order valence-electron chi connectivity index (χ0n) is 18.6. The summed E-state index contributed by atoms with van der Waals surface area (Å²) in [5.74, 6) is 0.832. The lowest BCUT2D eigenvalue weighted by atomic mass is 10.1. The van der Waals surface area contributed by atoms with Crippen molar-refractivity contribution < 1.29 is 4.79 Å². The summed E-state index contributed by atoms with van der Waals surface area (Å²) in [5, 5.41) is 8.05. The van der Waals surface area contributed by atoms with E-state index in [9.17, 15) is 4.79 Å². The summed E-state index contributed by atoms with van der Waals surface area (Å²) in [6.45, 7) is 16.0. The van der Waals surface area contributed by atoms with E-state index in [-0.39, 0.29) is 5.91 Å². The van der Waals surface area contributed by atoms with Crippen LogP contribution in [-0.2, 0) is 30.7 Å². The van der Waals surface area contributed by atoms with Gasteiger partial charge in [0.1, 0.15) is 0 Å². The first kappa shape index (κ1) is 22.0. The number of rotatable bonds is 8. The largest absolute Gasteiger partial charge is 0.340 e. The molecule has 0 bridgehead atoms. The van der Waals surface area contributed by atoms with Crippen LogP contribution in [0.5, 0.6) is 0 Å². The third-order valence-electron chi connectivity index (χ3n) is 5.67. The molecule has 1 saturated heterocycles. The van der Waals surface area contributed by atoms with E-state index in [0.717, 1.165) is 63.5 Å². The number of carbonyl (C=O) groups excluding carboxylic acids is 1. The molecule has 7 heteroatoms. The molecule has 0 aliphatic carbocycles. The van der Waals surface area contributed by atoms with E-state index in [1.807, 2.05) is 4.90 Å². The van der Waals surface area contributed by atoms with E-state index in [1.54, 1.807) is 11.3 Å². The highest BCUT2D eigenvalue weighted by atomic mass is 32.1. The standard InChI is InChI=1S/C22H35N5OS/c1-6-21-23-19(15-29-21)14-25-9-11-26(12-10-25)22(28)8-7-20-17(4)24-27(18(20)5)13-16(2)3/h15-16H,6-14H2,1-5H3. The molecule has 1 amide bonds. The lowest BCUT2D eigenvalue weighted by Gasteiger charge is -2.34. The summed E-state index contributed by atoms with van der Waals surface area (Å²) in [4.78, 5) is 21.9. The lowest BCUT2D eigenvalue weighted by molar-refractivity contribution is -0.133. The first-order valence-electron chi connectivity index (χ1n) is 10.8. The fraction of sp³-hybridized carbons (Fsp3) is 0.682. The zero-order chi connectivity index (χ0) is 21.0. The van der Waals surface area contributed by atoms with Crippen molar-refractivity contribution in [1.82, 2.24) is 24.6 Å². The van der Waals surface area contributed by atoms with Gasteiger partial charge in [-0.3, -0.25) is 14.4 Å². The number of hydrogen-bond acceptors (Lipinski definition) is 5. The highest BCUT2D eigenvalue weighted by Gasteiger charge is 2.22. The monoisotopic (exact) mass is 417 g/mol. The van der Waals surface area contributed by atoms with Gasteiger partial charge in [0.2, 0.25) is 5.91 Å². The number of thiazole rings is 1. The minimum Gasteiger partial charge on any atom is -0.340 e. The van der Waals surface area contributed by atoms with Crippen LogP contribution in [0.3, 0.4) is 0 Å². The number of aromatic nitrogens is 3. The first-order chi connectivity index (χ1) is 13.9. The number of aryl methyl sites for hydroxylation is 2. The van der Waals surface area contributed by atoms with Gasteiger partial charge in [0, 0.05) is 56.8 Å². The average Bonchev–Trinajstić information content (AvgIpc) is 3.24. The molecule has 2 aromatic heterocycles. The van der Waals surface area contributed by atoms with Gasteiger partial charge in [-0.1, -0.05) is 20.8 Å². The van der Waals surface area contributed by atoms with Crippen LogP contribution in [0.4, 0.5) is 0 Å². The molecule has 1 fully saturated rings. The van der Waals surface area contributed by atoms with Gasteiger partial charge in [-0.15, -0.1) is 11.3 Å². The van der Waals surface area contributed by atoms with Crippen LogP contribution in [0, 0.1) is 19.8 Å². The third kappa shape index (κ3) is 5.66. The van der Waals surface area contributed by atoms with Crippen molar-refractivity contribution in [2.24, 2.45) is 5.92 Å². The lowest BCUT2D eigenvalue weighted by Crippen LogP contribution is -2.48. The molecule has 6 nitrogen and oxygen atoms in total. The van der Waals surface area contributed by atoms with E-state index in [4.69, 9.17) is 0 Å². The van der Waals surface area contributed by atoms with Gasteiger partial charge in [0.15, 0.2) is 0 Å². The van der Waals surface area contributed by atoms with Crippen LogP contribution in [-0.4, -0.2) is 56.7 Å². The maximum Gasteiger partial charge on any atom is 0.222 e. The Balaban J connectivity index is 1.47. The van der Waals surface area contributed by atoms with Crippen LogP contribution < -0.4 is 0 Å². The van der Waals surface area contributed by atoms with Gasteiger partial charge in [0.05, 0.1) is 16.4 Å². The second-order valence-corrected chi connectivity index (χ2v) is 9.41. The summed E-state index contributed by atoms with van der Waals surface area (Å²) < 4.78 is 2.10. The van der Waals surface area contributed by atoms with Crippen LogP contribution in [0.15, 0.2) is 5.38 Å². The van der Waals surface area contributed by atoms with Crippen molar-refractivity contribution in [3.05, 3.63) is 33.0 Å². The molecular weight excluding hydrogens is 382 g/mol. The third-order valence-corrected chi connectivity index (χ3v) is 6.71. The van der Waals surface area contributed by atoms with Crippen molar-refractivity contribution in [3.63, 3.8) is 0 Å². The molecule has 0 spiro atoms. The predicted octanol–water partition coefficient (Wildman–Crippen LogP) is 3.45. The maximum atomic E-state index is 12.8. The zero-order valence-corrected chi connectivity index (χ0v) is 19.4. The van der Waals surface area contributed by atoms with E-state index >= 15 is 0 Å². The topological polar surface area (TPSA) is 54.3 Å². The van der Waals surface area contributed by atoms with Crippen molar-refractivity contribution in [3.8, 4) is 0 Å². The van der Waals surface area contributed by atoms with E-state index < -0.39 is 0 Å². The number of carbonyl (C=O) groups is 1. The molecule has 1 aliphatic heterocycles. The Bertz CT molecular complexity index is 817. The van der Waals surface area contributed by atoms with Crippen LogP contribution in [0.2, 0.25) is 0 Å². The summed E-state index contributed by atoms with van der Waals surface area (Å²) >= 11 is 1.75. The number of nitrogens with zero attached hydrogens (tertiary/aromatic N) is 5. The van der Waals surface area contributed by atoms with Gasteiger partial charge < -0.3 is 4.90 Å². The molecule has 3 heterocycles. The van der Waals surface area contributed by atoms with Crippen LogP contribution >= 0.6 is 11.3 Å².